The van der Waals surface area contributed by atoms with Gasteiger partial charge in [0.05, 0.1) is 0 Å². The van der Waals surface area contributed by atoms with Crippen LogP contribution in [0.4, 0.5) is 0 Å². The molecule has 1 amide bonds. The van der Waals surface area contributed by atoms with Crippen LogP contribution < -0.4 is 5.32 Å². The van der Waals surface area contributed by atoms with Crippen molar-refractivity contribution in [2.45, 2.75) is 46.6 Å². The van der Waals surface area contributed by atoms with Crippen molar-refractivity contribution < 1.29 is 4.79 Å². The summed E-state index contributed by atoms with van der Waals surface area (Å²) < 4.78 is 0. The van der Waals surface area contributed by atoms with Crippen LogP contribution in [0.2, 0.25) is 0 Å². The third-order valence-electron chi connectivity index (χ3n) is 4.63. The normalized spacial score (nSPS) is 16.2. The zero-order valence-corrected chi connectivity index (χ0v) is 13.8. The molecule has 0 radical (unpaired) electrons. The van der Waals surface area contributed by atoms with Gasteiger partial charge in [0.25, 0.3) is 5.91 Å². The third kappa shape index (κ3) is 3.85. The Bertz CT molecular complexity index is 490. The van der Waals surface area contributed by atoms with Crippen molar-refractivity contribution in [1.82, 2.24) is 10.2 Å². The highest BCUT2D eigenvalue weighted by Crippen LogP contribution is 2.20. The molecule has 116 valence electrons. The van der Waals surface area contributed by atoms with Crippen LogP contribution in [0.5, 0.6) is 0 Å². The summed E-state index contributed by atoms with van der Waals surface area (Å²) in [7, 11) is 0. The number of carbonyl (C=O) groups is 1. The van der Waals surface area contributed by atoms with Crippen molar-refractivity contribution in [3.05, 3.63) is 34.9 Å². The van der Waals surface area contributed by atoms with E-state index in [2.05, 4.69) is 37.1 Å². The maximum Gasteiger partial charge on any atom is 0.254 e. The molecule has 21 heavy (non-hydrogen) atoms. The van der Waals surface area contributed by atoms with Gasteiger partial charge in [0.15, 0.2) is 0 Å². The lowest BCUT2D eigenvalue weighted by Gasteiger charge is -2.33. The van der Waals surface area contributed by atoms with Crippen LogP contribution in [-0.4, -0.2) is 36.5 Å². The van der Waals surface area contributed by atoms with Crippen molar-refractivity contribution in [3.63, 3.8) is 0 Å². The number of amides is 1. The molecule has 0 aromatic heterocycles. The van der Waals surface area contributed by atoms with Gasteiger partial charge in [0, 0.05) is 18.2 Å². The highest BCUT2D eigenvalue weighted by molar-refractivity contribution is 5.96. The average molecular weight is 288 g/mol. The molecule has 1 fully saturated rings. The van der Waals surface area contributed by atoms with E-state index >= 15 is 0 Å². The number of nitrogens with one attached hydrogen (secondary N) is 1. The predicted octanol–water partition coefficient (Wildman–Crippen LogP) is 3.15. The fourth-order valence-electron chi connectivity index (χ4n) is 3.01. The summed E-state index contributed by atoms with van der Waals surface area (Å²) in [5.41, 5.74) is 3.16. The molecule has 1 aromatic carbocycles. The van der Waals surface area contributed by atoms with Crippen molar-refractivity contribution in [1.29, 1.82) is 0 Å². The zero-order chi connectivity index (χ0) is 15.4. The lowest BCUT2D eigenvalue weighted by Crippen LogP contribution is -2.43. The molecule has 1 aliphatic rings. The molecule has 1 heterocycles. The number of hydrogen-bond donors (Lipinski definition) is 1. The van der Waals surface area contributed by atoms with Crippen LogP contribution in [0.3, 0.4) is 0 Å². The molecule has 1 saturated heterocycles. The van der Waals surface area contributed by atoms with Gasteiger partial charge in [-0.05, 0) is 76.7 Å². The van der Waals surface area contributed by atoms with E-state index in [1.807, 2.05) is 19.1 Å². The van der Waals surface area contributed by atoms with Crippen molar-refractivity contribution in [2.24, 2.45) is 5.92 Å². The molecular weight excluding hydrogens is 260 g/mol. The van der Waals surface area contributed by atoms with E-state index < -0.39 is 0 Å². The second-order valence-electron chi connectivity index (χ2n) is 6.49. The quantitative estimate of drug-likeness (QED) is 0.923. The molecule has 0 saturated carbocycles. The van der Waals surface area contributed by atoms with Crippen molar-refractivity contribution >= 4 is 5.91 Å². The van der Waals surface area contributed by atoms with Gasteiger partial charge in [0.2, 0.25) is 0 Å². The molecule has 3 heteroatoms. The summed E-state index contributed by atoms with van der Waals surface area (Å²) in [5, 5.41) is 3.39. The van der Waals surface area contributed by atoms with E-state index in [0.29, 0.717) is 5.92 Å². The molecule has 1 N–H and O–H groups in total. The summed E-state index contributed by atoms with van der Waals surface area (Å²) in [5.74, 6) is 0.812. The van der Waals surface area contributed by atoms with E-state index in [0.717, 1.165) is 30.8 Å². The Hall–Kier alpha value is -1.35. The first-order chi connectivity index (χ1) is 10.0. The van der Waals surface area contributed by atoms with E-state index in [-0.39, 0.29) is 11.9 Å². The van der Waals surface area contributed by atoms with Gasteiger partial charge in [0.1, 0.15) is 0 Å². The van der Waals surface area contributed by atoms with Gasteiger partial charge in [-0.15, -0.1) is 0 Å². The van der Waals surface area contributed by atoms with E-state index in [9.17, 15) is 4.79 Å². The number of hydrogen-bond acceptors (Lipinski definition) is 2. The minimum Gasteiger partial charge on any atom is -0.336 e. The Morgan fingerprint density at radius 1 is 1.29 bits per heavy atom. The first-order valence-electron chi connectivity index (χ1n) is 8.08. The topological polar surface area (TPSA) is 32.3 Å². The van der Waals surface area contributed by atoms with Crippen molar-refractivity contribution in [3.8, 4) is 0 Å². The zero-order valence-electron chi connectivity index (χ0n) is 13.8. The number of carbonyl (C=O) groups excluding carboxylic acids is 1. The van der Waals surface area contributed by atoms with Crippen LogP contribution in [0.1, 0.15) is 48.2 Å². The molecule has 3 nitrogen and oxygen atoms in total. The van der Waals surface area contributed by atoms with Crippen LogP contribution in [-0.2, 0) is 0 Å². The fourth-order valence-corrected chi connectivity index (χ4v) is 3.01. The van der Waals surface area contributed by atoms with Gasteiger partial charge >= 0.3 is 0 Å². The number of rotatable bonds is 4. The van der Waals surface area contributed by atoms with Gasteiger partial charge in [-0.1, -0.05) is 12.1 Å². The number of benzene rings is 1. The molecule has 0 aliphatic carbocycles. The average Bonchev–Trinajstić information content (AvgIpc) is 2.48. The molecule has 1 aromatic rings. The second kappa shape index (κ2) is 7.08. The van der Waals surface area contributed by atoms with Crippen LogP contribution in [0.25, 0.3) is 0 Å². The first kappa shape index (κ1) is 16.0. The molecular formula is C18H28N2O. The maximum absolute atomic E-state index is 12.9. The predicted molar refractivity (Wildman–Crippen MR) is 87.7 cm³/mol. The highest BCUT2D eigenvalue weighted by Gasteiger charge is 2.24. The van der Waals surface area contributed by atoms with Crippen molar-refractivity contribution in [2.75, 3.05) is 19.6 Å². The minimum atomic E-state index is 0.185. The molecule has 0 atom stereocenters. The maximum atomic E-state index is 12.9. The third-order valence-corrected chi connectivity index (χ3v) is 4.63. The molecule has 0 spiro atoms. The van der Waals surface area contributed by atoms with Gasteiger partial charge in [-0.3, -0.25) is 4.79 Å². The number of aryl methyl sites for hydroxylation is 1. The summed E-state index contributed by atoms with van der Waals surface area (Å²) in [6.45, 7) is 11.4. The largest absolute Gasteiger partial charge is 0.336 e. The van der Waals surface area contributed by atoms with Gasteiger partial charge < -0.3 is 10.2 Å². The standard InChI is InChI=1S/C18H28N2O/c1-13(2)20(12-16-8-10-19-11-9-16)18(21)17-7-5-6-14(3)15(17)4/h5-7,13,16,19H,8-12H2,1-4H3. The fraction of sp³-hybridized carbons (Fsp3) is 0.611. The first-order valence-corrected chi connectivity index (χ1v) is 8.08. The van der Waals surface area contributed by atoms with Crippen LogP contribution >= 0.6 is 0 Å². The lowest BCUT2D eigenvalue weighted by molar-refractivity contribution is 0.0657. The Labute approximate surface area is 128 Å². The lowest BCUT2D eigenvalue weighted by atomic mass is 9.96. The highest BCUT2D eigenvalue weighted by atomic mass is 16.2. The minimum absolute atomic E-state index is 0.185. The molecule has 1 aliphatic heterocycles. The van der Waals surface area contributed by atoms with E-state index in [4.69, 9.17) is 0 Å². The Balaban J connectivity index is 2.17. The second-order valence-corrected chi connectivity index (χ2v) is 6.49. The summed E-state index contributed by atoms with van der Waals surface area (Å²) in [6.07, 6.45) is 2.34. The Morgan fingerprint density at radius 2 is 1.95 bits per heavy atom. The van der Waals surface area contributed by atoms with Gasteiger partial charge in [-0.25, -0.2) is 0 Å². The Morgan fingerprint density at radius 3 is 2.57 bits per heavy atom. The Kier molecular flexibility index (Phi) is 5.40. The summed E-state index contributed by atoms with van der Waals surface area (Å²) in [6, 6.07) is 6.26. The molecule has 2 rings (SSSR count). The summed E-state index contributed by atoms with van der Waals surface area (Å²) >= 11 is 0. The summed E-state index contributed by atoms with van der Waals surface area (Å²) in [4.78, 5) is 15.0. The number of piperidine rings is 1. The van der Waals surface area contributed by atoms with E-state index in [1.165, 1.54) is 18.4 Å². The smallest absolute Gasteiger partial charge is 0.254 e. The van der Waals surface area contributed by atoms with Crippen LogP contribution in [0, 0.1) is 19.8 Å². The van der Waals surface area contributed by atoms with E-state index in [1.54, 1.807) is 0 Å². The van der Waals surface area contributed by atoms with Crippen LogP contribution in [0.15, 0.2) is 18.2 Å². The molecule has 0 bridgehead atoms. The number of nitrogens with zero attached hydrogens (tertiary/aromatic N) is 1. The van der Waals surface area contributed by atoms with Gasteiger partial charge in [-0.2, -0.15) is 0 Å². The molecule has 0 unspecified atom stereocenters. The monoisotopic (exact) mass is 288 g/mol. The SMILES string of the molecule is Cc1cccc(C(=O)N(CC2CCNCC2)C(C)C)c1C.